The number of hydrogen-bond donors (Lipinski definition) is 11. The Kier molecular flexibility index (Phi) is 20.3. The highest BCUT2D eigenvalue weighted by molar-refractivity contribution is 5.98. The van der Waals surface area contributed by atoms with E-state index in [1.54, 1.807) is 13.8 Å². The van der Waals surface area contributed by atoms with Crippen LogP contribution in [0.25, 0.3) is 0 Å². The number of aliphatic hydroxyl groups is 1. The van der Waals surface area contributed by atoms with Gasteiger partial charge in [-0.3, -0.25) is 48.1 Å². The molecule has 7 atom stereocenters. The lowest BCUT2D eigenvalue weighted by molar-refractivity contribution is -0.143. The van der Waals surface area contributed by atoms with Crippen LogP contribution in [0.5, 0.6) is 0 Å². The Labute approximate surface area is 325 Å². The average molecular weight is 798 g/mol. The summed E-state index contributed by atoms with van der Waals surface area (Å²) in [5.74, 6) is -8.61. The molecular weight excluding hydrogens is 738 g/mol. The van der Waals surface area contributed by atoms with Crippen LogP contribution in [0, 0.1) is 11.8 Å². The number of likely N-dealkylation sites (tertiary alicyclic amines) is 1. The maximum atomic E-state index is 13.9. The highest BCUT2D eigenvalue weighted by Crippen LogP contribution is 2.21. The average Bonchev–Trinajstić information content (AvgIpc) is 3.57. The van der Waals surface area contributed by atoms with Gasteiger partial charge >= 0.3 is 5.97 Å². The molecule has 1 heterocycles. The predicted molar refractivity (Wildman–Crippen MR) is 200 cm³/mol. The van der Waals surface area contributed by atoms with Gasteiger partial charge < -0.3 is 64.2 Å². The Balaban J connectivity index is 3.15. The second-order valence-corrected chi connectivity index (χ2v) is 14.4. The molecule has 1 saturated heterocycles. The van der Waals surface area contributed by atoms with E-state index < -0.39 is 114 Å². The number of primary amides is 1. The number of nitrogens with zero attached hydrogens (tertiary/aromatic N) is 2. The molecule has 0 unspecified atom stereocenters. The van der Waals surface area contributed by atoms with Gasteiger partial charge in [0.05, 0.1) is 19.1 Å². The van der Waals surface area contributed by atoms with E-state index in [9.17, 15) is 53.4 Å². The first-order valence-electron chi connectivity index (χ1n) is 18.4. The van der Waals surface area contributed by atoms with Crippen LogP contribution >= 0.6 is 0 Å². The number of aliphatic hydroxyl groups excluding tert-OH is 1. The van der Waals surface area contributed by atoms with Crippen LogP contribution in [0.2, 0.25) is 0 Å². The molecule has 1 aliphatic rings. The van der Waals surface area contributed by atoms with Crippen molar-refractivity contribution in [1.29, 1.82) is 0 Å². The van der Waals surface area contributed by atoms with Crippen molar-refractivity contribution >= 4 is 59.2 Å². The Morgan fingerprint density at radius 3 is 1.93 bits per heavy atom. The third-order valence-electron chi connectivity index (χ3n) is 8.59. The number of carboxylic acids is 1. The molecule has 0 bridgehead atoms. The number of aliphatic imine (C=N–C) groups is 1. The molecule has 56 heavy (non-hydrogen) atoms. The van der Waals surface area contributed by atoms with Gasteiger partial charge in [0.2, 0.25) is 47.3 Å². The summed E-state index contributed by atoms with van der Waals surface area (Å²) in [4.78, 5) is 120. The van der Waals surface area contributed by atoms with Gasteiger partial charge in [-0.05, 0) is 50.9 Å². The molecule has 0 saturated carbocycles. The van der Waals surface area contributed by atoms with Gasteiger partial charge in [-0.25, -0.2) is 0 Å². The van der Waals surface area contributed by atoms with Crippen molar-refractivity contribution in [3.8, 4) is 0 Å². The molecule has 0 aromatic rings. The van der Waals surface area contributed by atoms with Gasteiger partial charge in [0, 0.05) is 20.0 Å². The predicted octanol–water partition coefficient (Wildman–Crippen LogP) is -4.37. The number of nitrogens with one attached hydrogen (secondary N) is 6. The van der Waals surface area contributed by atoms with E-state index >= 15 is 0 Å². The van der Waals surface area contributed by atoms with Gasteiger partial charge in [0.15, 0.2) is 5.96 Å². The van der Waals surface area contributed by atoms with E-state index in [4.69, 9.17) is 17.2 Å². The minimum atomic E-state index is -1.67. The van der Waals surface area contributed by atoms with Crippen molar-refractivity contribution < 1.29 is 53.4 Å². The SMILES string of the molecule is CC(=O)N[C@@H](CCCN=C(N)N)C(=O)N[C@@H](CC(=O)O)C(=O)N[C@H](C(=O)N[C@@H](CC(C)C)C(=O)N1CCC[C@H]1C(=O)NCC(=O)N[C@H](C(N)=O)[C@@H](C)O)C(C)C. The monoisotopic (exact) mass is 797 g/mol. The first-order valence-corrected chi connectivity index (χ1v) is 18.4. The maximum Gasteiger partial charge on any atom is 0.305 e. The number of carbonyl (C=O) groups excluding carboxylic acids is 8. The van der Waals surface area contributed by atoms with Crippen LogP contribution in [-0.4, -0.2) is 136 Å². The van der Waals surface area contributed by atoms with E-state index in [1.807, 2.05) is 13.8 Å². The molecule has 1 fully saturated rings. The highest BCUT2D eigenvalue weighted by Gasteiger charge is 2.39. The molecule has 0 aliphatic carbocycles. The van der Waals surface area contributed by atoms with Crippen LogP contribution in [0.3, 0.4) is 0 Å². The van der Waals surface area contributed by atoms with Crippen LogP contribution in [-0.2, 0) is 43.2 Å². The van der Waals surface area contributed by atoms with Gasteiger partial charge in [-0.15, -0.1) is 0 Å². The second-order valence-electron chi connectivity index (χ2n) is 14.4. The van der Waals surface area contributed by atoms with Gasteiger partial charge in [0.25, 0.3) is 0 Å². The van der Waals surface area contributed by atoms with E-state index in [0.717, 1.165) is 0 Å². The molecule has 0 spiro atoms. The number of guanidine groups is 1. The fourth-order valence-corrected chi connectivity index (χ4v) is 5.86. The standard InChI is InChI=1S/C34H59N11O11/c1-16(2)13-22(33(56)45-12-8-10-23(45)31(54)39-15-24(48)43-27(18(5)46)28(35)51)42-32(55)26(17(3)4)44-30(53)21(14-25(49)50)41-29(52)20(40-19(6)47)9-7-11-38-34(36)37/h16-18,20-23,26-27,46H,7-15H2,1-6H3,(H2,35,51)(H,39,54)(H,40,47)(H,41,52)(H,42,55)(H,43,48)(H,44,53)(H,49,50)(H4,36,37,38)/t18-,20+,21+,22+,23+,26+,27+/m1/s1. The van der Waals surface area contributed by atoms with Crippen molar-refractivity contribution in [3.63, 3.8) is 0 Å². The summed E-state index contributed by atoms with van der Waals surface area (Å²) >= 11 is 0. The normalized spacial score (nSPS) is 16.9. The molecule has 22 nitrogen and oxygen atoms in total. The zero-order valence-corrected chi connectivity index (χ0v) is 32.8. The Morgan fingerprint density at radius 2 is 1.41 bits per heavy atom. The second kappa shape index (κ2) is 23.4. The summed E-state index contributed by atoms with van der Waals surface area (Å²) in [6.45, 7) is 8.95. The van der Waals surface area contributed by atoms with Crippen LogP contribution in [0.4, 0.5) is 0 Å². The lowest BCUT2D eigenvalue weighted by atomic mass is 9.98. The molecular formula is C34H59N11O11. The van der Waals surface area contributed by atoms with Crippen molar-refractivity contribution in [3.05, 3.63) is 0 Å². The Morgan fingerprint density at radius 1 is 0.804 bits per heavy atom. The third-order valence-corrected chi connectivity index (χ3v) is 8.59. The summed E-state index contributed by atoms with van der Waals surface area (Å²) < 4.78 is 0. The van der Waals surface area contributed by atoms with Crippen molar-refractivity contribution in [2.24, 2.45) is 34.0 Å². The van der Waals surface area contributed by atoms with Crippen LogP contribution in [0.1, 0.15) is 80.1 Å². The largest absolute Gasteiger partial charge is 0.481 e. The van der Waals surface area contributed by atoms with E-state index in [2.05, 4.69) is 36.9 Å². The number of hydrogen-bond acceptors (Lipinski definition) is 11. The van der Waals surface area contributed by atoms with Crippen molar-refractivity contribution in [2.45, 2.75) is 122 Å². The number of nitrogens with two attached hydrogens (primary N) is 3. The molecule has 316 valence electrons. The molecule has 0 radical (unpaired) electrons. The molecule has 14 N–H and O–H groups in total. The molecule has 1 rings (SSSR count). The molecule has 0 aromatic carbocycles. The zero-order valence-electron chi connectivity index (χ0n) is 32.8. The Bertz CT molecular complexity index is 1470. The quantitative estimate of drug-likeness (QED) is 0.0265. The highest BCUT2D eigenvalue weighted by atomic mass is 16.4. The fraction of sp³-hybridized carbons (Fsp3) is 0.706. The molecule has 22 heteroatoms. The molecule has 8 amide bonds. The molecule has 1 aliphatic heterocycles. The van der Waals surface area contributed by atoms with Gasteiger partial charge in [0.1, 0.15) is 36.3 Å². The number of carboxylic acid groups (broad SMARTS) is 1. The Hall–Kier alpha value is -5.54. The summed E-state index contributed by atoms with van der Waals surface area (Å²) in [5.41, 5.74) is 15.8. The van der Waals surface area contributed by atoms with Crippen molar-refractivity contribution in [1.82, 2.24) is 36.8 Å². The van der Waals surface area contributed by atoms with Gasteiger partial charge in [-0.2, -0.15) is 0 Å². The summed E-state index contributed by atoms with van der Waals surface area (Å²) in [6.07, 6.45) is -1.04. The first kappa shape index (κ1) is 48.5. The van der Waals surface area contributed by atoms with Crippen molar-refractivity contribution in [2.75, 3.05) is 19.6 Å². The van der Waals surface area contributed by atoms with Gasteiger partial charge in [-0.1, -0.05) is 27.7 Å². The topological polar surface area (TPSA) is 360 Å². The smallest absolute Gasteiger partial charge is 0.305 e. The first-order chi connectivity index (χ1) is 26.0. The van der Waals surface area contributed by atoms with E-state index in [1.165, 1.54) is 18.7 Å². The van der Waals surface area contributed by atoms with Crippen LogP contribution in [0.15, 0.2) is 4.99 Å². The lowest BCUT2D eigenvalue weighted by Crippen LogP contribution is -2.60. The lowest BCUT2D eigenvalue weighted by Gasteiger charge is -2.31. The van der Waals surface area contributed by atoms with E-state index in [0.29, 0.717) is 6.42 Å². The minimum Gasteiger partial charge on any atom is -0.481 e. The minimum absolute atomic E-state index is 0.0438. The van der Waals surface area contributed by atoms with Crippen LogP contribution < -0.4 is 49.1 Å². The number of rotatable bonds is 23. The summed E-state index contributed by atoms with van der Waals surface area (Å²) in [7, 11) is 0. The number of aliphatic carboxylic acids is 1. The number of amides is 8. The molecule has 0 aromatic heterocycles. The maximum absolute atomic E-state index is 13.9. The summed E-state index contributed by atoms with van der Waals surface area (Å²) in [6, 6.07) is -7.70. The summed E-state index contributed by atoms with van der Waals surface area (Å²) in [5, 5.41) is 33.8. The zero-order chi connectivity index (χ0) is 42.9. The van der Waals surface area contributed by atoms with E-state index in [-0.39, 0.29) is 50.7 Å². The third kappa shape index (κ3) is 16.9. The fourth-order valence-electron chi connectivity index (χ4n) is 5.86. The number of carbonyl (C=O) groups is 9.